The van der Waals surface area contributed by atoms with Gasteiger partial charge in [0.1, 0.15) is 17.1 Å². The molecule has 2 aromatic rings. The number of nitriles is 1. The van der Waals surface area contributed by atoms with Crippen molar-refractivity contribution >= 4 is 23.2 Å². The average molecular weight is 394 g/mol. The molecule has 5 N–H and O–H groups in total. The summed E-state index contributed by atoms with van der Waals surface area (Å²) in [6, 6.07) is 16.6. The third-order valence-electron chi connectivity index (χ3n) is 5.76. The van der Waals surface area contributed by atoms with Gasteiger partial charge in [0.15, 0.2) is 6.23 Å². The van der Waals surface area contributed by atoms with E-state index in [-0.39, 0.29) is 23.4 Å². The van der Waals surface area contributed by atoms with E-state index < -0.39 is 17.6 Å². The average Bonchev–Trinajstić information content (AvgIpc) is 3.23. The molecule has 0 bridgehead atoms. The van der Waals surface area contributed by atoms with Crippen molar-refractivity contribution < 1.29 is 9.53 Å². The molecule has 3 aliphatic heterocycles. The lowest BCUT2D eigenvalue weighted by atomic mass is 9.62. The lowest BCUT2D eigenvalue weighted by Gasteiger charge is -2.42. The summed E-state index contributed by atoms with van der Waals surface area (Å²) in [4.78, 5) is 13.4. The van der Waals surface area contributed by atoms with E-state index >= 15 is 0 Å². The fourth-order valence-corrected chi connectivity index (χ4v) is 4.75. The molecule has 28 heavy (non-hydrogen) atoms. The maximum Gasteiger partial charge on any atom is 0.241 e. The molecular formula is C20H16ClN5O2. The van der Waals surface area contributed by atoms with Gasteiger partial charge in [-0.3, -0.25) is 4.79 Å². The molecule has 2 aromatic carbocycles. The largest absolute Gasteiger partial charge is 0.458 e. The smallest absolute Gasteiger partial charge is 0.241 e. The second-order valence-corrected chi connectivity index (χ2v) is 7.48. The molecule has 4 unspecified atom stereocenters. The molecule has 140 valence electrons. The van der Waals surface area contributed by atoms with Gasteiger partial charge in [0.05, 0.1) is 12.0 Å². The second kappa shape index (κ2) is 5.97. The number of ether oxygens (including phenoxy) is 1. The number of nitrogens with two attached hydrogens (primary N) is 1. The highest BCUT2D eigenvalue weighted by molar-refractivity contribution is 6.30. The normalized spacial score (nSPS) is 30.4. The number of nitrogens with one attached hydrogen (secondary N) is 3. The van der Waals surface area contributed by atoms with E-state index in [2.05, 4.69) is 22.2 Å². The van der Waals surface area contributed by atoms with Crippen molar-refractivity contribution in [2.75, 3.05) is 5.32 Å². The van der Waals surface area contributed by atoms with Crippen LogP contribution < -0.4 is 21.9 Å². The Bertz CT molecular complexity index is 1060. The lowest BCUT2D eigenvalue weighted by Crippen LogP contribution is -2.54. The number of fused-ring (bicyclic) bond motifs is 4. The Hall–Kier alpha value is -3.05. The zero-order valence-electron chi connectivity index (χ0n) is 14.6. The molecule has 0 saturated carbocycles. The predicted molar refractivity (Wildman–Crippen MR) is 102 cm³/mol. The monoisotopic (exact) mass is 393 g/mol. The summed E-state index contributed by atoms with van der Waals surface area (Å²) in [7, 11) is 0. The minimum absolute atomic E-state index is 0.0401. The number of hydrogen-bond acceptors (Lipinski definition) is 6. The molecule has 3 aliphatic rings. The molecule has 0 radical (unpaired) electrons. The molecule has 7 nitrogen and oxygen atoms in total. The highest BCUT2D eigenvalue weighted by Gasteiger charge is 2.65. The summed E-state index contributed by atoms with van der Waals surface area (Å²) in [6.07, 6.45) is -0.588. The van der Waals surface area contributed by atoms with Crippen molar-refractivity contribution in [1.82, 2.24) is 10.9 Å². The van der Waals surface area contributed by atoms with Crippen molar-refractivity contribution in [2.45, 2.75) is 17.7 Å². The minimum Gasteiger partial charge on any atom is -0.458 e. The number of nitrogens with zero attached hydrogens (tertiary/aromatic N) is 1. The van der Waals surface area contributed by atoms with Gasteiger partial charge in [-0.15, -0.1) is 0 Å². The SMILES string of the molecule is N#CC1=C(N)OC2NNC(c3ccc(Cl)cc3)C2C12C(=O)Nc1ccccc12. The highest BCUT2D eigenvalue weighted by atomic mass is 35.5. The van der Waals surface area contributed by atoms with E-state index in [9.17, 15) is 10.1 Å². The van der Waals surface area contributed by atoms with Crippen LogP contribution in [0, 0.1) is 17.2 Å². The van der Waals surface area contributed by atoms with Crippen molar-refractivity contribution in [2.24, 2.45) is 11.7 Å². The Kier molecular flexibility index (Phi) is 3.64. The minimum atomic E-state index is -1.26. The summed E-state index contributed by atoms with van der Waals surface area (Å²) in [5, 5.41) is 13.5. The van der Waals surface area contributed by atoms with Gasteiger partial charge in [-0.25, -0.2) is 10.9 Å². The van der Waals surface area contributed by atoms with Gasteiger partial charge in [0.25, 0.3) is 0 Å². The van der Waals surface area contributed by atoms with E-state index in [0.717, 1.165) is 11.1 Å². The van der Waals surface area contributed by atoms with E-state index in [4.69, 9.17) is 22.1 Å². The number of anilines is 1. The molecule has 0 aromatic heterocycles. The Labute approximate surface area is 166 Å². The van der Waals surface area contributed by atoms with E-state index in [1.807, 2.05) is 36.4 Å². The van der Waals surface area contributed by atoms with Crippen LogP contribution in [0.2, 0.25) is 5.02 Å². The summed E-state index contributed by atoms with van der Waals surface area (Å²) >= 11 is 6.04. The van der Waals surface area contributed by atoms with Crippen LogP contribution in [0.15, 0.2) is 60.0 Å². The quantitative estimate of drug-likeness (QED) is 0.590. The first kappa shape index (κ1) is 17.1. The van der Waals surface area contributed by atoms with Gasteiger partial charge in [-0.2, -0.15) is 5.26 Å². The highest BCUT2D eigenvalue weighted by Crippen LogP contribution is 2.56. The number of hydrogen-bond donors (Lipinski definition) is 4. The zero-order valence-corrected chi connectivity index (χ0v) is 15.3. The van der Waals surface area contributed by atoms with Gasteiger partial charge in [-0.1, -0.05) is 41.9 Å². The first-order valence-corrected chi connectivity index (χ1v) is 9.19. The van der Waals surface area contributed by atoms with E-state index in [1.54, 1.807) is 12.1 Å². The summed E-state index contributed by atoms with van der Waals surface area (Å²) in [6.45, 7) is 0. The van der Waals surface area contributed by atoms with Crippen LogP contribution in [0.5, 0.6) is 0 Å². The molecule has 0 aliphatic carbocycles. The standard InChI is InChI=1S/C20H16ClN5O2/c21-11-7-5-10(6-8-11)16-15-18(26-25-16)28-17(23)13(9-22)20(15)12-3-1-2-4-14(12)24-19(20)27/h1-8,15-16,18,25-26H,23H2,(H,24,27). The molecule has 3 heterocycles. The number of benzene rings is 2. The molecule has 8 heteroatoms. The van der Waals surface area contributed by atoms with Crippen molar-refractivity contribution in [3.63, 3.8) is 0 Å². The number of carbonyl (C=O) groups is 1. The van der Waals surface area contributed by atoms with E-state index in [0.29, 0.717) is 10.7 Å². The number of carbonyl (C=O) groups excluding carboxylic acids is 1. The molecule has 1 spiro atoms. The molecular weight excluding hydrogens is 378 g/mol. The first-order chi connectivity index (χ1) is 13.6. The molecule has 1 amide bonds. The first-order valence-electron chi connectivity index (χ1n) is 8.82. The Morgan fingerprint density at radius 2 is 1.89 bits per heavy atom. The van der Waals surface area contributed by atoms with Gasteiger partial charge in [0.2, 0.25) is 11.8 Å². The fourth-order valence-electron chi connectivity index (χ4n) is 4.63. The maximum atomic E-state index is 13.4. The number of hydrazine groups is 1. The van der Waals surface area contributed by atoms with Gasteiger partial charge in [0, 0.05) is 10.7 Å². The topological polar surface area (TPSA) is 112 Å². The Balaban J connectivity index is 1.77. The van der Waals surface area contributed by atoms with Gasteiger partial charge >= 0.3 is 0 Å². The molecule has 1 fully saturated rings. The lowest BCUT2D eigenvalue weighted by molar-refractivity contribution is -0.124. The Morgan fingerprint density at radius 1 is 1.14 bits per heavy atom. The number of rotatable bonds is 1. The van der Waals surface area contributed by atoms with Gasteiger partial charge in [-0.05, 0) is 29.3 Å². The van der Waals surface area contributed by atoms with Gasteiger partial charge < -0.3 is 15.8 Å². The van der Waals surface area contributed by atoms with Crippen LogP contribution in [0.3, 0.4) is 0 Å². The van der Waals surface area contributed by atoms with Crippen LogP contribution in [0.25, 0.3) is 0 Å². The Morgan fingerprint density at radius 3 is 2.64 bits per heavy atom. The third kappa shape index (κ3) is 2.08. The maximum absolute atomic E-state index is 13.4. The molecule has 1 saturated heterocycles. The van der Waals surface area contributed by atoms with Crippen LogP contribution in [-0.2, 0) is 14.9 Å². The van der Waals surface area contributed by atoms with Crippen molar-refractivity contribution in [1.29, 1.82) is 5.26 Å². The molecule has 4 atom stereocenters. The van der Waals surface area contributed by atoms with E-state index in [1.165, 1.54) is 0 Å². The summed E-state index contributed by atoms with van der Waals surface area (Å²) in [5.74, 6) is -0.767. The van der Waals surface area contributed by atoms with Crippen LogP contribution in [0.4, 0.5) is 5.69 Å². The van der Waals surface area contributed by atoms with Crippen molar-refractivity contribution in [3.05, 3.63) is 76.1 Å². The van der Waals surface area contributed by atoms with Crippen LogP contribution in [-0.4, -0.2) is 12.1 Å². The van der Waals surface area contributed by atoms with Crippen molar-refractivity contribution in [3.8, 4) is 6.07 Å². The number of halogens is 1. The second-order valence-electron chi connectivity index (χ2n) is 7.04. The van der Waals surface area contributed by atoms with Crippen LogP contribution in [0.1, 0.15) is 17.2 Å². The summed E-state index contributed by atoms with van der Waals surface area (Å²) < 4.78 is 5.79. The number of para-hydroxylation sites is 1. The fraction of sp³-hybridized carbons (Fsp3) is 0.200. The predicted octanol–water partition coefficient (Wildman–Crippen LogP) is 2.05. The summed E-state index contributed by atoms with van der Waals surface area (Å²) in [5.41, 5.74) is 13.6. The zero-order chi connectivity index (χ0) is 19.5. The number of amides is 1. The van der Waals surface area contributed by atoms with Crippen LogP contribution >= 0.6 is 11.6 Å². The molecule has 5 rings (SSSR count). The third-order valence-corrected chi connectivity index (χ3v) is 6.01.